The molecule has 0 aliphatic carbocycles. The molecule has 0 atom stereocenters. The molecule has 5 heteroatoms. The number of fused-ring (bicyclic) bond motifs is 5. The van der Waals surface area contributed by atoms with Crippen LogP contribution in [0.5, 0.6) is 0 Å². The number of carbonyl (C=O) groups excluding carboxylic acids is 1. The third kappa shape index (κ3) is 3.57. The zero-order valence-electron chi connectivity index (χ0n) is 18.7. The Morgan fingerprint density at radius 1 is 0.853 bits per heavy atom. The van der Waals surface area contributed by atoms with E-state index in [1.807, 2.05) is 65.2 Å². The lowest BCUT2D eigenvalue weighted by Gasteiger charge is -2.09. The molecular formula is C29H22N4O. The van der Waals surface area contributed by atoms with Crippen molar-refractivity contribution in [2.24, 2.45) is 0 Å². The van der Waals surface area contributed by atoms with E-state index in [0.717, 1.165) is 50.0 Å². The number of rotatable bonds is 4. The number of imidazole rings is 1. The van der Waals surface area contributed by atoms with E-state index in [0.29, 0.717) is 6.42 Å². The molecule has 6 rings (SSSR count). The van der Waals surface area contributed by atoms with Gasteiger partial charge in [0.25, 0.3) is 0 Å². The van der Waals surface area contributed by atoms with Crippen molar-refractivity contribution in [3.8, 4) is 11.3 Å². The average molecular weight is 443 g/mol. The molecule has 1 N–H and O–H groups in total. The number of amides is 1. The van der Waals surface area contributed by atoms with Gasteiger partial charge in [-0.2, -0.15) is 5.10 Å². The zero-order chi connectivity index (χ0) is 23.1. The smallest absolute Gasteiger partial charge is 0.228 e. The maximum absolute atomic E-state index is 12.5. The SMILES string of the molecule is Cc1ccc(-c2nn3c4ccc(NC(=O)Cc5ccccc5)cc4nc3c3ccccc23)cc1. The van der Waals surface area contributed by atoms with Gasteiger partial charge < -0.3 is 5.32 Å². The fourth-order valence-electron chi connectivity index (χ4n) is 4.37. The van der Waals surface area contributed by atoms with Gasteiger partial charge >= 0.3 is 0 Å². The number of aryl methyl sites for hydroxylation is 1. The molecule has 1 amide bonds. The summed E-state index contributed by atoms with van der Waals surface area (Å²) < 4.78 is 1.91. The molecule has 6 aromatic rings. The highest BCUT2D eigenvalue weighted by atomic mass is 16.1. The molecule has 0 saturated carbocycles. The van der Waals surface area contributed by atoms with Crippen LogP contribution in [0.1, 0.15) is 11.1 Å². The first-order chi connectivity index (χ1) is 16.7. The molecule has 164 valence electrons. The number of nitrogens with zero attached hydrogens (tertiary/aromatic N) is 3. The zero-order valence-corrected chi connectivity index (χ0v) is 18.7. The van der Waals surface area contributed by atoms with E-state index in [-0.39, 0.29) is 5.91 Å². The molecule has 0 spiro atoms. The molecule has 5 nitrogen and oxygen atoms in total. The van der Waals surface area contributed by atoms with Crippen LogP contribution in [0.4, 0.5) is 5.69 Å². The summed E-state index contributed by atoms with van der Waals surface area (Å²) >= 11 is 0. The molecular weight excluding hydrogens is 420 g/mol. The molecule has 2 aromatic heterocycles. The molecule has 0 aliphatic rings. The second-order valence-electron chi connectivity index (χ2n) is 8.52. The normalized spacial score (nSPS) is 11.3. The summed E-state index contributed by atoms with van der Waals surface area (Å²) in [6.45, 7) is 2.08. The minimum Gasteiger partial charge on any atom is -0.326 e. The minimum atomic E-state index is -0.0560. The fraction of sp³-hybridized carbons (Fsp3) is 0.0690. The molecule has 0 fully saturated rings. The number of aromatic nitrogens is 3. The third-order valence-electron chi connectivity index (χ3n) is 6.07. The second kappa shape index (κ2) is 8.12. The van der Waals surface area contributed by atoms with E-state index in [1.165, 1.54) is 5.56 Å². The first kappa shape index (κ1) is 20.1. The van der Waals surface area contributed by atoms with Crippen molar-refractivity contribution in [3.05, 3.63) is 108 Å². The van der Waals surface area contributed by atoms with E-state index in [4.69, 9.17) is 10.1 Å². The highest BCUT2D eigenvalue weighted by Gasteiger charge is 2.15. The lowest BCUT2D eigenvalue weighted by molar-refractivity contribution is -0.115. The van der Waals surface area contributed by atoms with Gasteiger partial charge in [0, 0.05) is 22.0 Å². The summed E-state index contributed by atoms with van der Waals surface area (Å²) in [7, 11) is 0. The molecule has 0 saturated heterocycles. The Morgan fingerprint density at radius 3 is 2.38 bits per heavy atom. The van der Waals surface area contributed by atoms with Gasteiger partial charge in [-0.1, -0.05) is 84.4 Å². The quantitative estimate of drug-likeness (QED) is 0.354. The van der Waals surface area contributed by atoms with E-state index >= 15 is 0 Å². The first-order valence-corrected chi connectivity index (χ1v) is 11.3. The summed E-state index contributed by atoms with van der Waals surface area (Å²) in [5.74, 6) is -0.0560. The number of anilines is 1. The van der Waals surface area contributed by atoms with Crippen LogP contribution in [0.25, 0.3) is 38.7 Å². The van der Waals surface area contributed by atoms with Crippen molar-refractivity contribution >= 4 is 39.0 Å². The average Bonchev–Trinajstić information content (AvgIpc) is 3.22. The summed E-state index contributed by atoms with van der Waals surface area (Å²) in [4.78, 5) is 17.4. The molecule has 4 aromatic carbocycles. The lowest BCUT2D eigenvalue weighted by Crippen LogP contribution is -2.14. The van der Waals surface area contributed by atoms with E-state index in [9.17, 15) is 4.79 Å². The molecule has 2 heterocycles. The Balaban J connectivity index is 1.44. The number of carbonyl (C=O) groups is 1. The predicted octanol–water partition coefficient (Wildman–Crippen LogP) is 6.19. The predicted molar refractivity (Wildman–Crippen MR) is 137 cm³/mol. The largest absolute Gasteiger partial charge is 0.326 e. The number of nitrogens with one attached hydrogen (secondary N) is 1. The molecule has 0 unspecified atom stereocenters. The van der Waals surface area contributed by atoms with E-state index in [2.05, 4.69) is 48.6 Å². The number of hydrogen-bond acceptors (Lipinski definition) is 3. The van der Waals surface area contributed by atoms with Crippen LogP contribution in [-0.2, 0) is 11.2 Å². The van der Waals surface area contributed by atoms with Crippen LogP contribution in [0, 0.1) is 6.92 Å². The molecule has 34 heavy (non-hydrogen) atoms. The van der Waals surface area contributed by atoms with Crippen LogP contribution in [0.3, 0.4) is 0 Å². The van der Waals surface area contributed by atoms with Gasteiger partial charge in [-0.05, 0) is 30.7 Å². The van der Waals surface area contributed by atoms with Crippen LogP contribution < -0.4 is 5.32 Å². The Labute approximate surface area is 196 Å². The highest BCUT2D eigenvalue weighted by Crippen LogP contribution is 2.31. The van der Waals surface area contributed by atoms with Crippen molar-refractivity contribution in [3.63, 3.8) is 0 Å². The summed E-state index contributed by atoms with van der Waals surface area (Å²) in [6.07, 6.45) is 0.330. The van der Waals surface area contributed by atoms with Gasteiger partial charge in [-0.25, -0.2) is 9.50 Å². The number of benzene rings is 4. The minimum absolute atomic E-state index is 0.0560. The van der Waals surface area contributed by atoms with Gasteiger partial charge in [-0.3, -0.25) is 4.79 Å². The van der Waals surface area contributed by atoms with Crippen molar-refractivity contribution in [1.82, 2.24) is 14.6 Å². The Morgan fingerprint density at radius 2 is 1.59 bits per heavy atom. The van der Waals surface area contributed by atoms with E-state index < -0.39 is 0 Å². The Hall–Kier alpha value is -4.51. The van der Waals surface area contributed by atoms with Crippen molar-refractivity contribution in [2.45, 2.75) is 13.3 Å². The second-order valence-corrected chi connectivity index (χ2v) is 8.52. The standard InChI is InChI=1S/C29H22N4O/c1-19-11-13-21(14-12-19)28-23-9-5-6-10-24(23)29-31-25-18-22(15-16-26(25)33(29)32-28)30-27(34)17-20-7-3-2-4-8-20/h2-16,18H,17H2,1H3,(H,30,34). The van der Waals surface area contributed by atoms with Crippen LogP contribution in [0.2, 0.25) is 0 Å². The van der Waals surface area contributed by atoms with Crippen molar-refractivity contribution in [2.75, 3.05) is 5.32 Å². The fourth-order valence-corrected chi connectivity index (χ4v) is 4.37. The molecule has 0 bridgehead atoms. The van der Waals surface area contributed by atoms with Crippen molar-refractivity contribution in [1.29, 1.82) is 0 Å². The van der Waals surface area contributed by atoms with Crippen LogP contribution >= 0.6 is 0 Å². The van der Waals surface area contributed by atoms with Gasteiger partial charge in [0.2, 0.25) is 5.91 Å². The molecule has 0 radical (unpaired) electrons. The van der Waals surface area contributed by atoms with Gasteiger partial charge in [-0.15, -0.1) is 0 Å². The number of hydrogen-bond donors (Lipinski definition) is 1. The maximum Gasteiger partial charge on any atom is 0.228 e. The summed E-state index contributed by atoms with van der Waals surface area (Å²) in [5, 5.41) is 10.1. The maximum atomic E-state index is 12.5. The summed E-state index contributed by atoms with van der Waals surface area (Å²) in [6, 6.07) is 32.1. The Bertz CT molecular complexity index is 1670. The Kier molecular flexibility index (Phi) is 4.81. The van der Waals surface area contributed by atoms with Crippen LogP contribution in [-0.4, -0.2) is 20.5 Å². The van der Waals surface area contributed by atoms with Gasteiger partial charge in [0.15, 0.2) is 5.65 Å². The van der Waals surface area contributed by atoms with E-state index in [1.54, 1.807) is 0 Å². The highest BCUT2D eigenvalue weighted by molar-refractivity contribution is 6.04. The van der Waals surface area contributed by atoms with Crippen molar-refractivity contribution < 1.29 is 4.79 Å². The van der Waals surface area contributed by atoms with Gasteiger partial charge in [0.05, 0.1) is 23.1 Å². The monoisotopic (exact) mass is 442 g/mol. The van der Waals surface area contributed by atoms with Crippen LogP contribution in [0.15, 0.2) is 97.1 Å². The molecule has 0 aliphatic heterocycles. The summed E-state index contributed by atoms with van der Waals surface area (Å²) in [5.41, 5.74) is 7.38. The van der Waals surface area contributed by atoms with Gasteiger partial charge in [0.1, 0.15) is 0 Å². The topological polar surface area (TPSA) is 59.3 Å². The third-order valence-corrected chi connectivity index (χ3v) is 6.07. The first-order valence-electron chi connectivity index (χ1n) is 11.3. The lowest BCUT2D eigenvalue weighted by atomic mass is 10.0.